The topological polar surface area (TPSA) is 40.9 Å². The molecule has 6 heteroatoms. The second-order valence-electron chi connectivity index (χ2n) is 5.85. The fourth-order valence-corrected chi connectivity index (χ4v) is 3.08. The molecule has 1 N–H and O–H groups in total. The number of benzene rings is 1. The van der Waals surface area contributed by atoms with E-state index in [1.54, 1.807) is 13.4 Å². The number of ether oxygens (including phenoxy) is 1. The van der Waals surface area contributed by atoms with Crippen molar-refractivity contribution in [1.82, 2.24) is 15.1 Å². The summed E-state index contributed by atoms with van der Waals surface area (Å²) in [4.78, 5) is 4.67. The molecule has 1 aliphatic heterocycles. The van der Waals surface area contributed by atoms with Gasteiger partial charge < -0.3 is 19.4 Å². The van der Waals surface area contributed by atoms with E-state index in [2.05, 4.69) is 27.2 Å². The molecule has 5 nitrogen and oxygen atoms in total. The van der Waals surface area contributed by atoms with Crippen LogP contribution < -0.4 is 10.1 Å². The Hall–Kier alpha value is -2.05. The van der Waals surface area contributed by atoms with E-state index in [1.165, 1.54) is 5.56 Å². The summed E-state index contributed by atoms with van der Waals surface area (Å²) < 4.78 is 10.6. The molecule has 128 valence electrons. The summed E-state index contributed by atoms with van der Waals surface area (Å²) in [7, 11) is 1.70. The lowest BCUT2D eigenvalue weighted by molar-refractivity contribution is 0.174. The predicted octanol–water partition coefficient (Wildman–Crippen LogP) is 2.48. The molecule has 2 aromatic rings. The van der Waals surface area contributed by atoms with E-state index in [0.29, 0.717) is 6.54 Å². The third kappa shape index (κ3) is 4.49. The van der Waals surface area contributed by atoms with Gasteiger partial charge in [-0.1, -0.05) is 12.1 Å². The molecule has 0 amide bonds. The quantitative estimate of drug-likeness (QED) is 0.840. The van der Waals surface area contributed by atoms with E-state index < -0.39 is 0 Å². The van der Waals surface area contributed by atoms with Gasteiger partial charge in [0.1, 0.15) is 11.5 Å². The van der Waals surface area contributed by atoms with Crippen LogP contribution in [-0.4, -0.2) is 48.2 Å². The van der Waals surface area contributed by atoms with Gasteiger partial charge in [0.15, 0.2) is 5.11 Å². The van der Waals surface area contributed by atoms with E-state index in [4.69, 9.17) is 21.4 Å². The molecule has 0 spiro atoms. The van der Waals surface area contributed by atoms with Crippen LogP contribution in [-0.2, 0) is 13.1 Å². The van der Waals surface area contributed by atoms with Crippen LogP contribution in [0, 0.1) is 0 Å². The molecule has 1 aromatic carbocycles. The number of rotatable bonds is 5. The fourth-order valence-electron chi connectivity index (χ4n) is 2.83. The van der Waals surface area contributed by atoms with Crippen molar-refractivity contribution in [3.05, 3.63) is 54.0 Å². The SMILES string of the molecule is COc1cccc(CN2CCN(C(=S)NCc3ccco3)CC2)c1. The normalized spacial score (nSPS) is 15.3. The predicted molar refractivity (Wildman–Crippen MR) is 98.0 cm³/mol. The maximum absolute atomic E-state index is 5.49. The van der Waals surface area contributed by atoms with Crippen LogP contribution in [0.2, 0.25) is 0 Å². The first-order valence-corrected chi connectivity index (χ1v) is 8.56. The monoisotopic (exact) mass is 345 g/mol. The van der Waals surface area contributed by atoms with Gasteiger partial charge in [-0.2, -0.15) is 0 Å². The summed E-state index contributed by atoms with van der Waals surface area (Å²) in [5, 5.41) is 4.06. The molecule has 0 atom stereocenters. The molecule has 0 radical (unpaired) electrons. The molecule has 1 aromatic heterocycles. The van der Waals surface area contributed by atoms with E-state index >= 15 is 0 Å². The molecule has 1 fully saturated rings. The van der Waals surface area contributed by atoms with Gasteiger partial charge in [0.25, 0.3) is 0 Å². The summed E-state index contributed by atoms with van der Waals surface area (Å²) >= 11 is 5.49. The van der Waals surface area contributed by atoms with E-state index in [0.717, 1.165) is 49.3 Å². The summed E-state index contributed by atoms with van der Waals surface area (Å²) in [6.45, 7) is 5.45. The van der Waals surface area contributed by atoms with Gasteiger partial charge in [-0.05, 0) is 42.0 Å². The highest BCUT2D eigenvalue weighted by Crippen LogP contribution is 2.15. The Bertz CT molecular complexity index is 652. The maximum Gasteiger partial charge on any atom is 0.169 e. The highest BCUT2D eigenvalue weighted by molar-refractivity contribution is 7.80. The first-order valence-electron chi connectivity index (χ1n) is 8.15. The summed E-state index contributed by atoms with van der Waals surface area (Å²) in [6, 6.07) is 12.1. The van der Waals surface area contributed by atoms with Gasteiger partial charge >= 0.3 is 0 Å². The standard InChI is InChI=1S/C18H23N3O2S/c1-22-16-5-2-4-15(12-16)14-20-7-9-21(10-8-20)18(24)19-13-17-6-3-11-23-17/h2-6,11-12H,7-10,13-14H2,1H3,(H,19,24). The number of nitrogens with zero attached hydrogens (tertiary/aromatic N) is 2. The van der Waals surface area contributed by atoms with Crippen LogP contribution in [0.4, 0.5) is 0 Å². The number of furan rings is 1. The number of thiocarbonyl (C=S) groups is 1. The Balaban J connectivity index is 1.44. The minimum atomic E-state index is 0.635. The largest absolute Gasteiger partial charge is 0.497 e. The number of hydrogen-bond donors (Lipinski definition) is 1. The summed E-state index contributed by atoms with van der Waals surface area (Å²) in [5.41, 5.74) is 1.28. The Morgan fingerprint density at radius 3 is 2.75 bits per heavy atom. The van der Waals surface area contributed by atoms with Crippen molar-refractivity contribution >= 4 is 17.3 Å². The Labute approximate surface area is 148 Å². The molecule has 24 heavy (non-hydrogen) atoms. The van der Waals surface area contributed by atoms with Gasteiger partial charge in [0.2, 0.25) is 0 Å². The van der Waals surface area contributed by atoms with Gasteiger partial charge in [-0.25, -0.2) is 0 Å². The Kier molecular flexibility index (Phi) is 5.72. The average molecular weight is 345 g/mol. The molecule has 2 heterocycles. The molecule has 0 bridgehead atoms. The van der Waals surface area contributed by atoms with E-state index in [9.17, 15) is 0 Å². The zero-order valence-electron chi connectivity index (χ0n) is 13.9. The second kappa shape index (κ2) is 8.17. The average Bonchev–Trinajstić information content (AvgIpc) is 3.14. The third-order valence-electron chi connectivity index (χ3n) is 4.19. The lowest BCUT2D eigenvalue weighted by atomic mass is 10.2. The highest BCUT2D eigenvalue weighted by atomic mass is 32.1. The maximum atomic E-state index is 5.49. The number of hydrogen-bond acceptors (Lipinski definition) is 4. The van der Waals surface area contributed by atoms with Crippen LogP contribution in [0.15, 0.2) is 47.1 Å². The lowest BCUT2D eigenvalue weighted by Crippen LogP contribution is -2.51. The number of piperazine rings is 1. The molecule has 0 aliphatic carbocycles. The van der Waals surface area contributed by atoms with Crippen LogP contribution in [0.25, 0.3) is 0 Å². The second-order valence-corrected chi connectivity index (χ2v) is 6.24. The molecule has 0 unspecified atom stereocenters. The lowest BCUT2D eigenvalue weighted by Gasteiger charge is -2.36. The molecule has 1 saturated heterocycles. The summed E-state index contributed by atoms with van der Waals surface area (Å²) in [5.74, 6) is 1.81. The van der Waals surface area contributed by atoms with Crippen molar-refractivity contribution < 1.29 is 9.15 Å². The zero-order valence-corrected chi connectivity index (χ0v) is 14.7. The van der Waals surface area contributed by atoms with Crippen LogP contribution >= 0.6 is 12.2 Å². The summed E-state index contributed by atoms with van der Waals surface area (Å²) in [6.07, 6.45) is 1.68. The molecular weight excluding hydrogens is 322 g/mol. The van der Waals surface area contributed by atoms with Gasteiger partial charge in [-0.3, -0.25) is 4.90 Å². The van der Waals surface area contributed by atoms with Crippen molar-refractivity contribution in [2.24, 2.45) is 0 Å². The first-order chi connectivity index (χ1) is 11.7. The molecule has 3 rings (SSSR count). The molecule has 1 aliphatic rings. The first kappa shape index (κ1) is 16.8. The Morgan fingerprint density at radius 2 is 2.04 bits per heavy atom. The number of nitrogens with one attached hydrogen (secondary N) is 1. The van der Waals surface area contributed by atoms with Crippen molar-refractivity contribution in [2.45, 2.75) is 13.1 Å². The minimum Gasteiger partial charge on any atom is -0.497 e. The molecular formula is C18H23N3O2S. The van der Waals surface area contributed by atoms with Gasteiger partial charge in [-0.15, -0.1) is 0 Å². The minimum absolute atomic E-state index is 0.635. The highest BCUT2D eigenvalue weighted by Gasteiger charge is 2.19. The van der Waals surface area contributed by atoms with E-state index in [-0.39, 0.29) is 0 Å². The van der Waals surface area contributed by atoms with Crippen molar-refractivity contribution in [2.75, 3.05) is 33.3 Å². The van der Waals surface area contributed by atoms with Crippen molar-refractivity contribution in [3.63, 3.8) is 0 Å². The van der Waals surface area contributed by atoms with Gasteiger partial charge in [0.05, 0.1) is 19.9 Å². The number of methoxy groups -OCH3 is 1. The van der Waals surface area contributed by atoms with Crippen molar-refractivity contribution in [1.29, 1.82) is 0 Å². The third-order valence-corrected chi connectivity index (χ3v) is 4.60. The van der Waals surface area contributed by atoms with Crippen molar-refractivity contribution in [3.8, 4) is 5.75 Å². The fraction of sp³-hybridized carbons (Fsp3) is 0.389. The Morgan fingerprint density at radius 1 is 1.21 bits per heavy atom. The van der Waals surface area contributed by atoms with Gasteiger partial charge in [0, 0.05) is 32.7 Å². The zero-order chi connectivity index (χ0) is 16.8. The van der Waals surface area contributed by atoms with E-state index in [1.807, 2.05) is 24.3 Å². The van der Waals surface area contributed by atoms with Crippen LogP contribution in [0.1, 0.15) is 11.3 Å². The molecule has 0 saturated carbocycles. The smallest absolute Gasteiger partial charge is 0.169 e. The van der Waals surface area contributed by atoms with Crippen LogP contribution in [0.3, 0.4) is 0 Å². The van der Waals surface area contributed by atoms with Crippen LogP contribution in [0.5, 0.6) is 5.75 Å².